The molecular formula is C17H21NO. The first-order valence-corrected chi connectivity index (χ1v) is 6.72. The lowest BCUT2D eigenvalue weighted by atomic mass is 10.1. The Bertz CT molecular complexity index is 535. The molecule has 2 rings (SSSR count). The van der Waals surface area contributed by atoms with Crippen molar-refractivity contribution in [1.29, 1.82) is 0 Å². The van der Waals surface area contributed by atoms with Crippen molar-refractivity contribution < 1.29 is 5.11 Å². The van der Waals surface area contributed by atoms with E-state index in [2.05, 4.69) is 36.5 Å². The molecule has 2 nitrogen and oxygen atoms in total. The first-order chi connectivity index (χ1) is 9.10. The molecule has 0 aliphatic carbocycles. The highest BCUT2D eigenvalue weighted by molar-refractivity contribution is 5.47. The lowest BCUT2D eigenvalue weighted by Crippen LogP contribution is -2.00. The first kappa shape index (κ1) is 13.5. The highest BCUT2D eigenvalue weighted by Gasteiger charge is 2.03. The lowest BCUT2D eigenvalue weighted by molar-refractivity contribution is 0.466. The van der Waals surface area contributed by atoms with Gasteiger partial charge in [-0.25, -0.2) is 0 Å². The maximum atomic E-state index is 9.75. The summed E-state index contributed by atoms with van der Waals surface area (Å²) in [7, 11) is 0. The van der Waals surface area contributed by atoms with Gasteiger partial charge in [-0.2, -0.15) is 0 Å². The summed E-state index contributed by atoms with van der Waals surface area (Å²) in [5, 5.41) is 13.2. The minimum atomic E-state index is 0.399. The number of aromatic hydroxyl groups is 1. The molecule has 0 aliphatic heterocycles. The van der Waals surface area contributed by atoms with Crippen molar-refractivity contribution in [2.75, 3.05) is 5.32 Å². The largest absolute Gasteiger partial charge is 0.507 e. The maximum absolute atomic E-state index is 9.75. The summed E-state index contributed by atoms with van der Waals surface area (Å²) in [5.74, 6) is 0.399. The molecule has 0 amide bonds. The molecule has 2 heteroatoms. The van der Waals surface area contributed by atoms with Crippen LogP contribution in [-0.2, 0) is 13.0 Å². The van der Waals surface area contributed by atoms with E-state index in [9.17, 15) is 5.11 Å². The number of aryl methyl sites for hydroxylation is 3. The molecule has 0 atom stereocenters. The van der Waals surface area contributed by atoms with Crippen LogP contribution in [0, 0.1) is 13.8 Å². The molecular weight excluding hydrogens is 234 g/mol. The Morgan fingerprint density at radius 1 is 0.947 bits per heavy atom. The van der Waals surface area contributed by atoms with Crippen LogP contribution in [0.2, 0.25) is 0 Å². The monoisotopic (exact) mass is 255 g/mol. The standard InChI is InChI=1S/C17H21NO/c1-4-14-5-7-16(8-6-14)18-11-15-9-12(2)17(19)13(3)10-15/h5-10,18-19H,4,11H2,1-3H3. The van der Waals surface area contributed by atoms with Crippen LogP contribution < -0.4 is 5.32 Å². The van der Waals surface area contributed by atoms with Gasteiger partial charge in [-0.15, -0.1) is 0 Å². The van der Waals surface area contributed by atoms with Crippen molar-refractivity contribution in [2.45, 2.75) is 33.7 Å². The molecule has 100 valence electrons. The van der Waals surface area contributed by atoms with Gasteiger partial charge < -0.3 is 10.4 Å². The number of phenols is 1. The average molecular weight is 255 g/mol. The lowest BCUT2D eigenvalue weighted by Gasteiger charge is -2.10. The molecule has 19 heavy (non-hydrogen) atoms. The summed E-state index contributed by atoms with van der Waals surface area (Å²) in [4.78, 5) is 0. The number of phenolic OH excluding ortho intramolecular Hbond substituents is 1. The molecule has 0 saturated carbocycles. The third-order valence-corrected chi connectivity index (χ3v) is 3.41. The van der Waals surface area contributed by atoms with Crippen molar-refractivity contribution in [3.05, 3.63) is 58.7 Å². The van der Waals surface area contributed by atoms with E-state index in [0.29, 0.717) is 5.75 Å². The second-order valence-electron chi connectivity index (χ2n) is 4.98. The maximum Gasteiger partial charge on any atom is 0.121 e. The van der Waals surface area contributed by atoms with Crippen LogP contribution in [0.5, 0.6) is 5.75 Å². The van der Waals surface area contributed by atoms with Gasteiger partial charge in [-0.05, 0) is 54.7 Å². The normalized spacial score (nSPS) is 10.5. The van der Waals surface area contributed by atoms with Crippen LogP contribution in [0.3, 0.4) is 0 Å². The summed E-state index contributed by atoms with van der Waals surface area (Å²) >= 11 is 0. The van der Waals surface area contributed by atoms with Gasteiger partial charge in [0.05, 0.1) is 0 Å². The van der Waals surface area contributed by atoms with Gasteiger partial charge in [-0.3, -0.25) is 0 Å². The topological polar surface area (TPSA) is 32.3 Å². The molecule has 0 saturated heterocycles. The van der Waals surface area contributed by atoms with E-state index >= 15 is 0 Å². The number of anilines is 1. The van der Waals surface area contributed by atoms with Crippen LogP contribution in [0.1, 0.15) is 29.2 Å². The van der Waals surface area contributed by atoms with E-state index in [-0.39, 0.29) is 0 Å². The molecule has 2 N–H and O–H groups in total. The zero-order chi connectivity index (χ0) is 13.8. The Balaban J connectivity index is 2.05. The van der Waals surface area contributed by atoms with Crippen molar-refractivity contribution in [1.82, 2.24) is 0 Å². The van der Waals surface area contributed by atoms with E-state index in [1.54, 1.807) is 0 Å². The minimum Gasteiger partial charge on any atom is -0.507 e. The van der Waals surface area contributed by atoms with Gasteiger partial charge >= 0.3 is 0 Å². The average Bonchev–Trinajstić information content (AvgIpc) is 2.43. The number of hydrogen-bond acceptors (Lipinski definition) is 2. The summed E-state index contributed by atoms with van der Waals surface area (Å²) in [5.41, 5.74) is 5.52. The van der Waals surface area contributed by atoms with Crippen molar-refractivity contribution in [3.63, 3.8) is 0 Å². The predicted octanol–water partition coefficient (Wildman–Crippen LogP) is 4.18. The highest BCUT2D eigenvalue weighted by Crippen LogP contribution is 2.23. The van der Waals surface area contributed by atoms with Gasteiger partial charge in [0.2, 0.25) is 0 Å². The van der Waals surface area contributed by atoms with Crippen LogP contribution in [0.15, 0.2) is 36.4 Å². The SMILES string of the molecule is CCc1ccc(NCc2cc(C)c(O)c(C)c2)cc1. The van der Waals surface area contributed by atoms with Gasteiger partial charge in [0, 0.05) is 12.2 Å². The Morgan fingerprint density at radius 2 is 1.53 bits per heavy atom. The fourth-order valence-electron chi connectivity index (χ4n) is 2.21. The quantitative estimate of drug-likeness (QED) is 0.858. The second kappa shape index (κ2) is 5.79. The van der Waals surface area contributed by atoms with Gasteiger partial charge in [0.25, 0.3) is 0 Å². The summed E-state index contributed by atoms with van der Waals surface area (Å²) in [6.07, 6.45) is 1.07. The van der Waals surface area contributed by atoms with Crippen LogP contribution >= 0.6 is 0 Å². The Labute approximate surface area is 115 Å². The zero-order valence-electron chi connectivity index (χ0n) is 11.8. The Hall–Kier alpha value is -1.96. The predicted molar refractivity (Wildman–Crippen MR) is 80.7 cm³/mol. The van der Waals surface area contributed by atoms with Crippen molar-refractivity contribution >= 4 is 5.69 Å². The van der Waals surface area contributed by atoms with E-state index in [4.69, 9.17) is 0 Å². The van der Waals surface area contributed by atoms with Crippen LogP contribution in [0.4, 0.5) is 5.69 Å². The van der Waals surface area contributed by atoms with Gasteiger partial charge in [0.15, 0.2) is 0 Å². The van der Waals surface area contributed by atoms with Crippen molar-refractivity contribution in [3.8, 4) is 5.75 Å². The molecule has 0 unspecified atom stereocenters. The zero-order valence-corrected chi connectivity index (χ0v) is 11.8. The number of hydrogen-bond donors (Lipinski definition) is 2. The molecule has 0 aromatic heterocycles. The molecule has 2 aromatic rings. The number of nitrogens with one attached hydrogen (secondary N) is 1. The van der Waals surface area contributed by atoms with E-state index < -0.39 is 0 Å². The second-order valence-corrected chi connectivity index (χ2v) is 4.98. The molecule has 0 radical (unpaired) electrons. The number of rotatable bonds is 4. The van der Waals surface area contributed by atoms with E-state index in [1.165, 1.54) is 11.1 Å². The summed E-state index contributed by atoms with van der Waals surface area (Å²) in [6, 6.07) is 12.6. The summed E-state index contributed by atoms with van der Waals surface area (Å²) < 4.78 is 0. The Kier molecular flexibility index (Phi) is 4.10. The fraction of sp³-hybridized carbons (Fsp3) is 0.294. The van der Waals surface area contributed by atoms with E-state index in [1.807, 2.05) is 26.0 Å². The Morgan fingerprint density at radius 3 is 2.05 bits per heavy atom. The molecule has 0 aliphatic rings. The van der Waals surface area contributed by atoms with Gasteiger partial charge in [-0.1, -0.05) is 31.2 Å². The smallest absolute Gasteiger partial charge is 0.121 e. The highest BCUT2D eigenvalue weighted by atomic mass is 16.3. The van der Waals surface area contributed by atoms with Crippen LogP contribution in [0.25, 0.3) is 0 Å². The van der Waals surface area contributed by atoms with Gasteiger partial charge in [0.1, 0.15) is 5.75 Å². The molecule has 0 spiro atoms. The minimum absolute atomic E-state index is 0.399. The number of benzene rings is 2. The molecule has 2 aromatic carbocycles. The first-order valence-electron chi connectivity index (χ1n) is 6.72. The molecule has 0 bridgehead atoms. The fourth-order valence-corrected chi connectivity index (χ4v) is 2.21. The van der Waals surface area contributed by atoms with Crippen molar-refractivity contribution in [2.24, 2.45) is 0 Å². The summed E-state index contributed by atoms with van der Waals surface area (Å²) in [6.45, 7) is 6.79. The van der Waals surface area contributed by atoms with Crippen LogP contribution in [-0.4, -0.2) is 5.11 Å². The third kappa shape index (κ3) is 3.28. The molecule has 0 heterocycles. The van der Waals surface area contributed by atoms with E-state index in [0.717, 1.165) is 29.8 Å². The third-order valence-electron chi connectivity index (χ3n) is 3.41. The molecule has 0 fully saturated rings.